The smallest absolute Gasteiger partial charge is 0.169 e. The van der Waals surface area contributed by atoms with Crippen LogP contribution in [-0.4, -0.2) is 15.6 Å². The summed E-state index contributed by atoms with van der Waals surface area (Å²) in [6.45, 7) is 1.88. The van der Waals surface area contributed by atoms with Gasteiger partial charge in [-0.05, 0) is 47.1 Å². The van der Waals surface area contributed by atoms with Gasteiger partial charge in [0.05, 0.1) is 12.1 Å². The Labute approximate surface area is 113 Å². The molecule has 0 atom stereocenters. The molecule has 0 saturated carbocycles. The second kappa shape index (κ2) is 5.02. The largest absolute Gasteiger partial charge is 0.294 e. The van der Waals surface area contributed by atoms with Crippen LogP contribution in [0.2, 0.25) is 0 Å². The van der Waals surface area contributed by atoms with Crippen LogP contribution in [0, 0.1) is 12.7 Å². The van der Waals surface area contributed by atoms with E-state index in [1.807, 2.05) is 13.0 Å². The van der Waals surface area contributed by atoms with Crippen molar-refractivity contribution < 1.29 is 9.18 Å². The van der Waals surface area contributed by atoms with Crippen LogP contribution in [0.3, 0.4) is 0 Å². The van der Waals surface area contributed by atoms with E-state index in [2.05, 4.69) is 21.0 Å². The van der Waals surface area contributed by atoms with Gasteiger partial charge in [0.15, 0.2) is 5.78 Å². The molecule has 1 heterocycles. The minimum absolute atomic E-state index is 0.0649. The molecule has 3 nitrogen and oxygen atoms in total. The van der Waals surface area contributed by atoms with Crippen LogP contribution in [0.4, 0.5) is 4.39 Å². The van der Waals surface area contributed by atoms with Crippen molar-refractivity contribution in [3.63, 3.8) is 0 Å². The van der Waals surface area contributed by atoms with Gasteiger partial charge in [-0.2, -0.15) is 5.10 Å². The fourth-order valence-electron chi connectivity index (χ4n) is 1.81. The Hall–Kier alpha value is -1.49. The highest BCUT2D eigenvalue weighted by molar-refractivity contribution is 9.10. The number of carbonyl (C=O) groups is 1. The second-order valence-corrected chi connectivity index (χ2v) is 4.98. The fraction of sp³-hybridized carbons (Fsp3) is 0.231. The highest BCUT2D eigenvalue weighted by Crippen LogP contribution is 2.20. The molecule has 94 valence electrons. The molecule has 5 heteroatoms. The quantitative estimate of drug-likeness (QED) is 0.817. The van der Waals surface area contributed by atoms with Crippen LogP contribution >= 0.6 is 15.9 Å². The number of aromatic nitrogens is 2. The first kappa shape index (κ1) is 13.0. The Morgan fingerprint density at radius 3 is 2.72 bits per heavy atom. The SMILES string of the molecule is Cc1cc(CC(=O)c2ccc(F)cc2Br)n(C)n1. The summed E-state index contributed by atoms with van der Waals surface area (Å²) >= 11 is 3.20. The molecule has 2 rings (SSSR count). The first-order chi connectivity index (χ1) is 8.47. The molecule has 0 spiro atoms. The van der Waals surface area contributed by atoms with E-state index in [9.17, 15) is 9.18 Å². The van der Waals surface area contributed by atoms with Gasteiger partial charge in [-0.25, -0.2) is 4.39 Å². The zero-order valence-corrected chi connectivity index (χ0v) is 11.7. The summed E-state index contributed by atoms with van der Waals surface area (Å²) in [5, 5.41) is 4.19. The molecule has 0 saturated heterocycles. The first-order valence-electron chi connectivity index (χ1n) is 5.45. The molecule has 0 fully saturated rings. The van der Waals surface area contributed by atoms with Crippen LogP contribution in [0.15, 0.2) is 28.7 Å². The molecule has 1 aromatic heterocycles. The zero-order chi connectivity index (χ0) is 13.3. The minimum atomic E-state index is -0.366. The summed E-state index contributed by atoms with van der Waals surface area (Å²) in [7, 11) is 1.80. The fourth-order valence-corrected chi connectivity index (χ4v) is 2.38. The van der Waals surface area contributed by atoms with Gasteiger partial charge in [-0.3, -0.25) is 9.48 Å². The Bertz CT molecular complexity index is 607. The standard InChI is InChI=1S/C13H12BrFN2O/c1-8-5-10(17(2)16-8)7-13(18)11-4-3-9(15)6-12(11)14/h3-6H,7H2,1-2H3. The normalized spacial score (nSPS) is 10.7. The molecular formula is C13H12BrFN2O. The average molecular weight is 311 g/mol. The summed E-state index contributed by atoms with van der Waals surface area (Å²) in [6, 6.07) is 5.94. The number of hydrogen-bond acceptors (Lipinski definition) is 2. The monoisotopic (exact) mass is 310 g/mol. The van der Waals surface area contributed by atoms with E-state index < -0.39 is 0 Å². The van der Waals surface area contributed by atoms with Crippen molar-refractivity contribution in [1.82, 2.24) is 9.78 Å². The number of hydrogen-bond donors (Lipinski definition) is 0. The Kier molecular flexibility index (Phi) is 3.61. The maximum Gasteiger partial charge on any atom is 0.169 e. The average Bonchev–Trinajstić information content (AvgIpc) is 2.57. The third kappa shape index (κ3) is 2.67. The predicted molar refractivity (Wildman–Crippen MR) is 70.1 cm³/mol. The van der Waals surface area contributed by atoms with Gasteiger partial charge in [-0.15, -0.1) is 0 Å². The van der Waals surface area contributed by atoms with E-state index in [0.717, 1.165) is 11.4 Å². The number of halogens is 2. The van der Waals surface area contributed by atoms with Gasteiger partial charge < -0.3 is 0 Å². The topological polar surface area (TPSA) is 34.9 Å². The van der Waals surface area contributed by atoms with E-state index in [0.29, 0.717) is 10.0 Å². The minimum Gasteiger partial charge on any atom is -0.294 e. The molecule has 0 unspecified atom stereocenters. The number of aryl methyl sites for hydroxylation is 2. The molecule has 0 radical (unpaired) electrons. The summed E-state index contributed by atoms with van der Waals surface area (Å²) in [5.74, 6) is -0.431. The number of ketones is 1. The van der Waals surface area contributed by atoms with Crippen LogP contribution < -0.4 is 0 Å². The maximum atomic E-state index is 12.9. The predicted octanol–water partition coefficient (Wildman–Crippen LogP) is 3.06. The van der Waals surface area contributed by atoms with Crippen molar-refractivity contribution in [2.45, 2.75) is 13.3 Å². The first-order valence-corrected chi connectivity index (χ1v) is 6.24. The van der Waals surface area contributed by atoms with Crippen molar-refractivity contribution in [1.29, 1.82) is 0 Å². The molecule has 0 bridgehead atoms. The van der Waals surface area contributed by atoms with Crippen LogP contribution in [0.25, 0.3) is 0 Å². The summed E-state index contributed by atoms with van der Waals surface area (Å²) < 4.78 is 15.1. The van der Waals surface area contributed by atoms with Gasteiger partial charge in [0.1, 0.15) is 5.82 Å². The summed E-state index contributed by atoms with van der Waals surface area (Å²) in [4.78, 5) is 12.1. The maximum absolute atomic E-state index is 12.9. The molecule has 0 amide bonds. The van der Waals surface area contributed by atoms with E-state index >= 15 is 0 Å². The van der Waals surface area contributed by atoms with E-state index in [1.165, 1.54) is 18.2 Å². The molecule has 18 heavy (non-hydrogen) atoms. The summed E-state index contributed by atoms with van der Waals surface area (Å²) in [6.07, 6.45) is 0.252. The van der Waals surface area contributed by atoms with Gasteiger partial charge in [0, 0.05) is 22.8 Å². The number of rotatable bonds is 3. The van der Waals surface area contributed by atoms with Gasteiger partial charge >= 0.3 is 0 Å². The molecular weight excluding hydrogens is 299 g/mol. The van der Waals surface area contributed by atoms with Gasteiger partial charge in [0.2, 0.25) is 0 Å². The lowest BCUT2D eigenvalue weighted by Gasteiger charge is -2.04. The van der Waals surface area contributed by atoms with Gasteiger partial charge in [0.25, 0.3) is 0 Å². The van der Waals surface area contributed by atoms with E-state index in [-0.39, 0.29) is 18.0 Å². The molecule has 2 aromatic rings. The van der Waals surface area contributed by atoms with E-state index in [4.69, 9.17) is 0 Å². The Morgan fingerprint density at radius 2 is 2.17 bits per heavy atom. The lowest BCUT2D eigenvalue weighted by molar-refractivity contribution is 0.0990. The highest BCUT2D eigenvalue weighted by Gasteiger charge is 2.14. The zero-order valence-electron chi connectivity index (χ0n) is 10.1. The molecule has 0 aliphatic heterocycles. The molecule has 0 N–H and O–H groups in total. The highest BCUT2D eigenvalue weighted by atomic mass is 79.9. The Morgan fingerprint density at radius 1 is 1.44 bits per heavy atom. The molecule has 1 aromatic carbocycles. The number of Topliss-reactive ketones (excluding diaryl/α,β-unsaturated/α-hetero) is 1. The lowest BCUT2D eigenvalue weighted by atomic mass is 10.1. The molecule has 0 aliphatic rings. The van der Waals surface area contributed by atoms with Crippen molar-refractivity contribution in [2.24, 2.45) is 7.05 Å². The van der Waals surface area contributed by atoms with E-state index in [1.54, 1.807) is 11.7 Å². The third-order valence-electron chi connectivity index (χ3n) is 2.67. The number of benzene rings is 1. The van der Waals surface area contributed by atoms with Crippen molar-refractivity contribution >= 4 is 21.7 Å². The number of nitrogens with zero attached hydrogens (tertiary/aromatic N) is 2. The summed E-state index contributed by atoms with van der Waals surface area (Å²) in [5.41, 5.74) is 2.20. The van der Waals surface area contributed by atoms with Gasteiger partial charge in [-0.1, -0.05) is 0 Å². The lowest BCUT2D eigenvalue weighted by Crippen LogP contribution is -2.08. The van der Waals surface area contributed by atoms with Crippen LogP contribution in [-0.2, 0) is 13.5 Å². The van der Waals surface area contributed by atoms with Crippen molar-refractivity contribution in [3.8, 4) is 0 Å². The van der Waals surface area contributed by atoms with Crippen LogP contribution in [0.1, 0.15) is 21.7 Å². The van der Waals surface area contributed by atoms with Crippen molar-refractivity contribution in [3.05, 3.63) is 51.5 Å². The third-order valence-corrected chi connectivity index (χ3v) is 3.33. The molecule has 0 aliphatic carbocycles. The number of carbonyl (C=O) groups excluding carboxylic acids is 1. The van der Waals surface area contributed by atoms with Crippen molar-refractivity contribution in [2.75, 3.05) is 0 Å². The second-order valence-electron chi connectivity index (χ2n) is 4.12. The Balaban J connectivity index is 2.24. The van der Waals surface area contributed by atoms with Crippen LogP contribution in [0.5, 0.6) is 0 Å².